The van der Waals surface area contributed by atoms with Gasteiger partial charge < -0.3 is 0 Å². The van der Waals surface area contributed by atoms with Crippen LogP contribution in [-0.2, 0) is 5.92 Å². The number of benzene rings is 2. The third-order valence-electron chi connectivity index (χ3n) is 4.94. The third-order valence-corrected chi connectivity index (χ3v) is 4.94. The molecule has 0 radical (unpaired) electrons. The van der Waals surface area contributed by atoms with Gasteiger partial charge in [-0.15, -0.1) is 0 Å². The number of halogens is 4. The highest BCUT2D eigenvalue weighted by Crippen LogP contribution is 2.40. The molecule has 3 rings (SSSR count). The van der Waals surface area contributed by atoms with Gasteiger partial charge in [0.05, 0.1) is 5.56 Å². The monoisotopic (exact) mass is 336 g/mol. The van der Waals surface area contributed by atoms with Gasteiger partial charge in [-0.05, 0) is 55.0 Å². The van der Waals surface area contributed by atoms with Gasteiger partial charge in [-0.25, -0.2) is 8.78 Å². The van der Waals surface area contributed by atoms with Crippen molar-refractivity contribution in [3.63, 3.8) is 0 Å². The van der Waals surface area contributed by atoms with Crippen LogP contribution in [0.15, 0.2) is 36.4 Å². The van der Waals surface area contributed by atoms with E-state index in [1.165, 1.54) is 25.5 Å². The summed E-state index contributed by atoms with van der Waals surface area (Å²) in [5.41, 5.74) is -0.176. The summed E-state index contributed by atoms with van der Waals surface area (Å²) in [4.78, 5) is 0. The molecule has 128 valence electrons. The molecule has 0 spiro atoms. The van der Waals surface area contributed by atoms with Gasteiger partial charge in [0.15, 0.2) is 0 Å². The molecule has 4 heteroatoms. The molecule has 0 atom stereocenters. The highest BCUT2D eigenvalue weighted by molar-refractivity contribution is 5.38. The average Bonchev–Trinajstić information content (AvgIpc) is 2.57. The molecular weight excluding hydrogens is 316 g/mol. The molecule has 0 N–H and O–H groups in total. The standard InChI is InChI=1S/C20H20F4/c1-13-7-9-16(12-18(13)21)20(23,24)17-10-8-15(11-19(17)22)14-5-3-2-4-6-14/h7-12,14H,2-6H2,1H3. The van der Waals surface area contributed by atoms with Crippen LogP contribution in [0.4, 0.5) is 17.6 Å². The van der Waals surface area contributed by atoms with Crippen molar-refractivity contribution < 1.29 is 17.6 Å². The Kier molecular flexibility index (Phi) is 4.66. The maximum absolute atomic E-state index is 14.6. The fraction of sp³-hybridized carbons (Fsp3) is 0.400. The van der Waals surface area contributed by atoms with Crippen LogP contribution in [0, 0.1) is 18.6 Å². The lowest BCUT2D eigenvalue weighted by molar-refractivity contribution is 0.0385. The van der Waals surface area contributed by atoms with E-state index in [1.54, 1.807) is 6.07 Å². The minimum atomic E-state index is -3.57. The topological polar surface area (TPSA) is 0 Å². The smallest absolute Gasteiger partial charge is 0.207 e. The summed E-state index contributed by atoms with van der Waals surface area (Å²) in [6.45, 7) is 1.50. The summed E-state index contributed by atoms with van der Waals surface area (Å²) in [5, 5.41) is 0. The molecule has 0 aliphatic heterocycles. The van der Waals surface area contributed by atoms with E-state index in [-0.39, 0.29) is 11.5 Å². The van der Waals surface area contributed by atoms with Gasteiger partial charge in [0, 0.05) is 5.56 Å². The zero-order valence-corrected chi connectivity index (χ0v) is 13.6. The second kappa shape index (κ2) is 6.58. The Hall–Kier alpha value is -1.84. The Labute approximate surface area is 139 Å². The van der Waals surface area contributed by atoms with Crippen molar-refractivity contribution in [2.24, 2.45) is 0 Å². The third kappa shape index (κ3) is 3.19. The first-order valence-corrected chi connectivity index (χ1v) is 8.34. The van der Waals surface area contributed by atoms with Gasteiger partial charge in [0.1, 0.15) is 11.6 Å². The molecule has 1 aliphatic carbocycles. The second-order valence-corrected chi connectivity index (χ2v) is 6.61. The lowest BCUT2D eigenvalue weighted by Crippen LogP contribution is -2.18. The summed E-state index contributed by atoms with van der Waals surface area (Å²) >= 11 is 0. The van der Waals surface area contributed by atoms with E-state index in [0.717, 1.165) is 49.4 Å². The number of hydrogen-bond donors (Lipinski definition) is 0. The summed E-state index contributed by atoms with van der Waals surface area (Å²) in [6.07, 6.45) is 5.30. The van der Waals surface area contributed by atoms with Crippen molar-refractivity contribution in [3.05, 3.63) is 70.3 Å². The van der Waals surface area contributed by atoms with E-state index in [9.17, 15) is 17.6 Å². The largest absolute Gasteiger partial charge is 0.301 e. The Morgan fingerprint density at radius 1 is 0.875 bits per heavy atom. The lowest BCUT2D eigenvalue weighted by atomic mass is 9.83. The first kappa shape index (κ1) is 17.0. The Morgan fingerprint density at radius 3 is 2.21 bits per heavy atom. The van der Waals surface area contributed by atoms with E-state index in [0.29, 0.717) is 0 Å². The zero-order valence-electron chi connectivity index (χ0n) is 13.6. The van der Waals surface area contributed by atoms with E-state index in [1.807, 2.05) is 0 Å². The molecule has 0 nitrogen and oxygen atoms in total. The Morgan fingerprint density at radius 2 is 1.58 bits per heavy atom. The van der Waals surface area contributed by atoms with Crippen molar-refractivity contribution in [2.45, 2.75) is 50.9 Å². The van der Waals surface area contributed by atoms with Crippen LogP contribution >= 0.6 is 0 Å². The Bertz CT molecular complexity index is 730. The van der Waals surface area contributed by atoms with Crippen LogP contribution in [0.25, 0.3) is 0 Å². The highest BCUT2D eigenvalue weighted by atomic mass is 19.3. The van der Waals surface area contributed by atoms with Gasteiger partial charge in [0.2, 0.25) is 0 Å². The number of hydrogen-bond acceptors (Lipinski definition) is 0. The van der Waals surface area contributed by atoms with Crippen molar-refractivity contribution in [1.29, 1.82) is 0 Å². The molecular formula is C20H20F4. The molecule has 0 bridgehead atoms. The molecule has 0 amide bonds. The molecule has 0 heterocycles. The van der Waals surface area contributed by atoms with Gasteiger partial charge in [-0.1, -0.05) is 37.5 Å². The van der Waals surface area contributed by atoms with Gasteiger partial charge >= 0.3 is 5.92 Å². The quantitative estimate of drug-likeness (QED) is 0.564. The number of aryl methyl sites for hydroxylation is 1. The SMILES string of the molecule is Cc1ccc(C(F)(F)c2ccc(C3CCCCC3)cc2F)cc1F. The summed E-state index contributed by atoms with van der Waals surface area (Å²) in [5.74, 6) is -4.97. The fourth-order valence-corrected chi connectivity index (χ4v) is 3.42. The molecule has 0 saturated heterocycles. The van der Waals surface area contributed by atoms with E-state index >= 15 is 0 Å². The van der Waals surface area contributed by atoms with Gasteiger partial charge in [-0.3, -0.25) is 0 Å². The predicted molar refractivity (Wildman–Crippen MR) is 86.4 cm³/mol. The first-order valence-electron chi connectivity index (χ1n) is 8.34. The maximum atomic E-state index is 14.6. The van der Waals surface area contributed by atoms with Crippen LogP contribution in [0.1, 0.15) is 60.3 Å². The lowest BCUT2D eigenvalue weighted by Gasteiger charge is -2.24. The molecule has 2 aromatic rings. The molecule has 1 aliphatic rings. The van der Waals surface area contributed by atoms with E-state index in [4.69, 9.17) is 0 Å². The molecule has 0 unspecified atom stereocenters. The van der Waals surface area contributed by atoms with Crippen molar-refractivity contribution >= 4 is 0 Å². The summed E-state index contributed by atoms with van der Waals surface area (Å²) < 4.78 is 57.3. The van der Waals surface area contributed by atoms with Crippen molar-refractivity contribution in [3.8, 4) is 0 Å². The van der Waals surface area contributed by atoms with Crippen LogP contribution in [0.5, 0.6) is 0 Å². The van der Waals surface area contributed by atoms with Crippen molar-refractivity contribution in [2.75, 3.05) is 0 Å². The van der Waals surface area contributed by atoms with E-state index in [2.05, 4.69) is 0 Å². The average molecular weight is 336 g/mol. The second-order valence-electron chi connectivity index (χ2n) is 6.61. The normalized spacial score (nSPS) is 16.4. The van der Waals surface area contributed by atoms with Crippen LogP contribution < -0.4 is 0 Å². The molecule has 0 aromatic heterocycles. The molecule has 2 aromatic carbocycles. The minimum Gasteiger partial charge on any atom is -0.207 e. The van der Waals surface area contributed by atoms with Gasteiger partial charge in [0.25, 0.3) is 0 Å². The first-order chi connectivity index (χ1) is 11.4. The summed E-state index contributed by atoms with van der Waals surface area (Å²) in [7, 11) is 0. The van der Waals surface area contributed by atoms with E-state index < -0.39 is 28.7 Å². The fourth-order valence-electron chi connectivity index (χ4n) is 3.42. The van der Waals surface area contributed by atoms with Crippen LogP contribution in [0.3, 0.4) is 0 Å². The Balaban J connectivity index is 1.94. The highest BCUT2D eigenvalue weighted by Gasteiger charge is 2.37. The maximum Gasteiger partial charge on any atom is 0.301 e. The van der Waals surface area contributed by atoms with Crippen molar-refractivity contribution in [1.82, 2.24) is 0 Å². The van der Waals surface area contributed by atoms with Gasteiger partial charge in [-0.2, -0.15) is 8.78 Å². The molecule has 1 saturated carbocycles. The zero-order chi connectivity index (χ0) is 17.3. The molecule has 1 fully saturated rings. The predicted octanol–water partition coefficient (Wildman–Crippen LogP) is 6.46. The van der Waals surface area contributed by atoms with Crippen LogP contribution in [-0.4, -0.2) is 0 Å². The number of alkyl halides is 2. The minimum absolute atomic E-state index is 0.243. The molecule has 24 heavy (non-hydrogen) atoms. The van der Waals surface area contributed by atoms with Crippen LogP contribution in [0.2, 0.25) is 0 Å². The number of rotatable bonds is 3. The summed E-state index contributed by atoms with van der Waals surface area (Å²) in [6, 6.07) is 7.18.